The summed E-state index contributed by atoms with van der Waals surface area (Å²) in [6, 6.07) is 11.5. The van der Waals surface area contributed by atoms with Crippen molar-refractivity contribution in [1.82, 2.24) is 20.1 Å². The van der Waals surface area contributed by atoms with Crippen molar-refractivity contribution in [3.63, 3.8) is 0 Å². The van der Waals surface area contributed by atoms with Gasteiger partial charge in [0.15, 0.2) is 0 Å². The van der Waals surface area contributed by atoms with E-state index in [9.17, 15) is 27.9 Å². The normalized spacial score (nSPS) is 19.4. The lowest BCUT2D eigenvalue weighted by Crippen LogP contribution is -2.59. The minimum absolute atomic E-state index is 0.0127. The summed E-state index contributed by atoms with van der Waals surface area (Å²) in [7, 11) is 0. The van der Waals surface area contributed by atoms with E-state index in [0.717, 1.165) is 33.6 Å². The number of rotatable bonds is 7. The number of thiophene rings is 1. The molecule has 0 radical (unpaired) electrons. The molecule has 1 saturated carbocycles. The molecule has 0 spiro atoms. The fourth-order valence-corrected chi connectivity index (χ4v) is 6.82. The Kier molecular flexibility index (Phi) is 8.91. The molecule has 2 fully saturated rings. The summed E-state index contributed by atoms with van der Waals surface area (Å²) >= 11 is 1.53. The van der Waals surface area contributed by atoms with Crippen molar-refractivity contribution in [3.05, 3.63) is 52.9 Å². The van der Waals surface area contributed by atoms with Gasteiger partial charge in [-0.1, -0.05) is 43.5 Å². The molecule has 2 aliphatic rings. The molecule has 2 atom stereocenters. The summed E-state index contributed by atoms with van der Waals surface area (Å²) < 4.78 is 39.9. The van der Waals surface area contributed by atoms with Crippen LogP contribution in [0.5, 0.6) is 0 Å². The number of hydrogen-bond acceptors (Lipinski definition) is 6. The first kappa shape index (κ1) is 30.4. The second kappa shape index (κ2) is 12.3. The third-order valence-electron chi connectivity index (χ3n) is 8.70. The number of piperazine rings is 1. The highest BCUT2D eigenvalue weighted by Crippen LogP contribution is 2.35. The number of nitrogens with one attached hydrogen (secondary N) is 1. The molecule has 1 unspecified atom stereocenters. The second-order valence-corrected chi connectivity index (χ2v) is 12.6. The summed E-state index contributed by atoms with van der Waals surface area (Å²) in [4.78, 5) is 35.6. The molecule has 3 aromatic rings. The average molecular weight is 603 g/mol. The highest BCUT2D eigenvalue weighted by molar-refractivity contribution is 7.13. The molecular weight excluding hydrogens is 565 g/mol. The van der Waals surface area contributed by atoms with Gasteiger partial charge in [0, 0.05) is 49.7 Å². The Morgan fingerprint density at radius 3 is 2.40 bits per heavy atom. The van der Waals surface area contributed by atoms with E-state index in [1.54, 1.807) is 0 Å². The van der Waals surface area contributed by atoms with Crippen LogP contribution in [0, 0.1) is 5.92 Å². The van der Waals surface area contributed by atoms with Crippen molar-refractivity contribution < 1.29 is 27.9 Å². The maximum absolute atomic E-state index is 14.1. The van der Waals surface area contributed by atoms with Crippen LogP contribution in [0.25, 0.3) is 21.5 Å². The monoisotopic (exact) mass is 602 g/mol. The molecule has 3 heterocycles. The molecule has 2 N–H and O–H groups in total. The first-order valence-electron chi connectivity index (χ1n) is 14.5. The fraction of sp³-hybridized carbons (Fsp3) is 0.516. The lowest BCUT2D eigenvalue weighted by Gasteiger charge is -2.38. The average Bonchev–Trinajstić information content (AvgIpc) is 3.51. The first-order chi connectivity index (χ1) is 20.0. The van der Waals surface area contributed by atoms with Crippen LogP contribution in [0.15, 0.2) is 41.8 Å². The van der Waals surface area contributed by atoms with Gasteiger partial charge in [0.2, 0.25) is 5.60 Å². The number of benzene rings is 1. The maximum Gasteiger partial charge on any atom is 0.426 e. The zero-order valence-electron chi connectivity index (χ0n) is 23.9. The van der Waals surface area contributed by atoms with E-state index < -0.39 is 17.7 Å². The lowest BCUT2D eigenvalue weighted by atomic mass is 9.84. The van der Waals surface area contributed by atoms with Crippen molar-refractivity contribution in [1.29, 1.82) is 0 Å². The first-order valence-corrected chi connectivity index (χ1v) is 15.4. The van der Waals surface area contributed by atoms with E-state index in [1.807, 2.05) is 46.7 Å². The van der Waals surface area contributed by atoms with Gasteiger partial charge in [-0.25, -0.2) is 4.98 Å². The molecule has 1 saturated heterocycles. The minimum atomic E-state index is -5.06. The molecule has 226 valence electrons. The highest BCUT2D eigenvalue weighted by atomic mass is 32.1. The summed E-state index contributed by atoms with van der Waals surface area (Å²) in [5, 5.41) is 15.9. The standard InChI is InChI=1S/C31H37F3N4O3S/c1-20(21-9-4-3-5-10-21)35-28(39)26-22-11-6-7-12-24(22)36-27(25-13-8-18-42-25)23(26)19-37-14-16-38(17-15-37)29(40)30(2,41)31(32,33)34/h6-8,11-13,18,20-21,41H,3-5,9-10,14-17,19H2,1-2H3,(H,35,39)/t20-,30?/m0/s1. The number of alkyl halides is 3. The fourth-order valence-electron chi connectivity index (χ4n) is 6.07. The molecular formula is C31H37F3N4O3S. The molecule has 0 bridgehead atoms. The van der Waals surface area contributed by atoms with Crippen LogP contribution in [-0.2, 0) is 11.3 Å². The predicted molar refractivity (Wildman–Crippen MR) is 157 cm³/mol. The number of aliphatic hydroxyl groups is 1. The molecule has 11 heteroatoms. The highest BCUT2D eigenvalue weighted by Gasteiger charge is 2.57. The zero-order chi connectivity index (χ0) is 30.1. The smallest absolute Gasteiger partial charge is 0.373 e. The van der Waals surface area contributed by atoms with Crippen LogP contribution in [0.4, 0.5) is 13.2 Å². The van der Waals surface area contributed by atoms with Gasteiger partial charge in [-0.15, -0.1) is 11.3 Å². The predicted octanol–water partition coefficient (Wildman–Crippen LogP) is 5.62. The summed E-state index contributed by atoms with van der Waals surface area (Å²) in [5.74, 6) is -1.08. The van der Waals surface area contributed by atoms with Crippen molar-refractivity contribution in [2.45, 2.75) is 70.3 Å². The lowest BCUT2D eigenvalue weighted by molar-refractivity contribution is -0.250. The Labute approximate surface area is 247 Å². The van der Waals surface area contributed by atoms with E-state index >= 15 is 0 Å². The van der Waals surface area contributed by atoms with E-state index in [1.165, 1.54) is 30.6 Å². The quantitative estimate of drug-likeness (QED) is 0.367. The molecule has 2 amide bonds. The number of nitrogens with zero attached hydrogens (tertiary/aromatic N) is 3. The van der Waals surface area contributed by atoms with E-state index in [0.29, 0.717) is 36.2 Å². The van der Waals surface area contributed by atoms with Crippen LogP contribution in [0.2, 0.25) is 0 Å². The number of amides is 2. The van der Waals surface area contributed by atoms with Crippen LogP contribution in [0.1, 0.15) is 61.9 Å². The number of hydrogen-bond donors (Lipinski definition) is 2. The topological polar surface area (TPSA) is 85.8 Å². The van der Waals surface area contributed by atoms with Gasteiger partial charge in [0.05, 0.1) is 21.7 Å². The Balaban J connectivity index is 1.46. The molecule has 1 aromatic carbocycles. The maximum atomic E-state index is 14.1. The van der Waals surface area contributed by atoms with E-state index in [4.69, 9.17) is 4.98 Å². The van der Waals surface area contributed by atoms with Crippen molar-refractivity contribution in [2.24, 2.45) is 5.92 Å². The van der Waals surface area contributed by atoms with Gasteiger partial charge >= 0.3 is 6.18 Å². The number of pyridine rings is 1. The molecule has 2 aromatic heterocycles. The van der Waals surface area contributed by atoms with E-state index in [-0.39, 0.29) is 38.1 Å². The van der Waals surface area contributed by atoms with Crippen molar-refractivity contribution in [2.75, 3.05) is 26.2 Å². The van der Waals surface area contributed by atoms with Crippen molar-refractivity contribution in [3.8, 4) is 10.6 Å². The van der Waals surface area contributed by atoms with Crippen LogP contribution in [0.3, 0.4) is 0 Å². The molecule has 1 aliphatic heterocycles. The number of carbonyl (C=O) groups is 2. The van der Waals surface area contributed by atoms with Gasteiger partial charge in [-0.05, 0) is 50.1 Å². The van der Waals surface area contributed by atoms with Crippen LogP contribution >= 0.6 is 11.3 Å². The van der Waals surface area contributed by atoms with Crippen LogP contribution < -0.4 is 5.32 Å². The number of halogens is 3. The number of fused-ring (bicyclic) bond motifs is 1. The van der Waals surface area contributed by atoms with Gasteiger partial charge in [0.1, 0.15) is 0 Å². The SMILES string of the molecule is C[C@H](NC(=O)c1c(CN2CCN(C(=O)C(C)(O)C(F)(F)F)CC2)c(-c2cccs2)nc2ccccc12)C1CCCCC1. The Hall–Kier alpha value is -3.02. The van der Waals surface area contributed by atoms with E-state index in [2.05, 4.69) is 12.2 Å². The zero-order valence-corrected chi connectivity index (χ0v) is 24.7. The Bertz CT molecular complexity index is 1410. The Morgan fingerprint density at radius 2 is 1.76 bits per heavy atom. The van der Waals surface area contributed by atoms with Gasteiger partial charge in [-0.2, -0.15) is 13.2 Å². The van der Waals surface area contributed by atoms with Crippen LogP contribution in [-0.4, -0.2) is 75.7 Å². The molecule has 5 rings (SSSR count). The number of aromatic nitrogens is 1. The third-order valence-corrected chi connectivity index (χ3v) is 9.58. The third kappa shape index (κ3) is 6.18. The second-order valence-electron chi connectivity index (χ2n) is 11.6. The molecule has 42 heavy (non-hydrogen) atoms. The van der Waals surface area contributed by atoms with Gasteiger partial charge in [-0.3, -0.25) is 14.5 Å². The van der Waals surface area contributed by atoms with Gasteiger partial charge < -0.3 is 15.3 Å². The largest absolute Gasteiger partial charge is 0.426 e. The summed E-state index contributed by atoms with van der Waals surface area (Å²) in [6.07, 6.45) is 0.692. The Morgan fingerprint density at radius 1 is 1.07 bits per heavy atom. The minimum Gasteiger partial charge on any atom is -0.373 e. The number of para-hydroxylation sites is 1. The summed E-state index contributed by atoms with van der Waals surface area (Å²) in [5.41, 5.74) is -0.705. The molecule has 7 nitrogen and oxygen atoms in total. The summed E-state index contributed by atoms with van der Waals surface area (Å²) in [6.45, 7) is 3.54. The van der Waals surface area contributed by atoms with Crippen molar-refractivity contribution >= 4 is 34.1 Å². The number of carbonyl (C=O) groups excluding carboxylic acids is 2. The molecule has 1 aliphatic carbocycles. The van der Waals surface area contributed by atoms with Gasteiger partial charge in [0.25, 0.3) is 11.8 Å².